The van der Waals surface area contributed by atoms with Crippen LogP contribution in [-0.2, 0) is 10.0 Å². The number of nitrogens with zero attached hydrogens (tertiary/aromatic N) is 2. The first-order valence-electron chi connectivity index (χ1n) is 9.33. The number of halogens is 1. The van der Waals surface area contributed by atoms with Gasteiger partial charge >= 0.3 is 0 Å². The highest BCUT2D eigenvalue weighted by Gasteiger charge is 2.25. The molecule has 0 atom stereocenters. The van der Waals surface area contributed by atoms with Crippen molar-refractivity contribution in [3.05, 3.63) is 52.7 Å². The highest BCUT2D eigenvalue weighted by Crippen LogP contribution is 2.27. The van der Waals surface area contributed by atoms with Gasteiger partial charge in [-0.2, -0.15) is 0 Å². The van der Waals surface area contributed by atoms with E-state index in [0.29, 0.717) is 34.8 Å². The van der Waals surface area contributed by atoms with E-state index in [9.17, 15) is 13.2 Å². The third-order valence-corrected chi connectivity index (χ3v) is 6.64. The van der Waals surface area contributed by atoms with E-state index in [-0.39, 0.29) is 16.5 Å². The predicted molar refractivity (Wildman–Crippen MR) is 111 cm³/mol. The summed E-state index contributed by atoms with van der Waals surface area (Å²) in [4.78, 5) is 14.6. The summed E-state index contributed by atoms with van der Waals surface area (Å²) in [7, 11) is -3.89. The van der Waals surface area contributed by atoms with Crippen LogP contribution >= 0.6 is 11.6 Å². The minimum Gasteiger partial charge on any atom is -0.355 e. The number of piperidine rings is 1. The number of carbonyl (C=O) groups excluding carboxylic acids is 1. The Labute approximate surface area is 173 Å². The molecule has 0 bridgehead atoms. The van der Waals surface area contributed by atoms with Crippen LogP contribution in [0.4, 0.5) is 5.69 Å². The molecule has 29 heavy (non-hydrogen) atoms. The molecule has 1 amide bonds. The van der Waals surface area contributed by atoms with Gasteiger partial charge in [-0.1, -0.05) is 22.8 Å². The van der Waals surface area contributed by atoms with Gasteiger partial charge in [0, 0.05) is 18.1 Å². The van der Waals surface area contributed by atoms with Gasteiger partial charge in [0.2, 0.25) is 0 Å². The first kappa shape index (κ1) is 19.7. The minimum atomic E-state index is -3.89. The average Bonchev–Trinajstić information content (AvgIpc) is 3.14. The molecule has 1 saturated heterocycles. The summed E-state index contributed by atoms with van der Waals surface area (Å²) in [5.74, 6) is -0.239. The van der Waals surface area contributed by atoms with Crippen LogP contribution in [0.5, 0.6) is 0 Å². The second-order valence-electron chi connectivity index (χ2n) is 7.11. The lowest BCUT2D eigenvalue weighted by molar-refractivity contribution is 0.0716. The summed E-state index contributed by atoms with van der Waals surface area (Å²) >= 11 is 5.99. The number of fused-ring (bicyclic) bond motifs is 1. The molecule has 2 aromatic carbocycles. The second-order valence-corrected chi connectivity index (χ2v) is 9.23. The smallest absolute Gasteiger partial charge is 0.276 e. The van der Waals surface area contributed by atoms with Crippen molar-refractivity contribution in [3.8, 4) is 0 Å². The molecular weight excluding hydrogens is 414 g/mol. The number of amides is 1. The zero-order valence-corrected chi connectivity index (χ0v) is 17.4. The molecule has 0 spiro atoms. The molecule has 0 saturated carbocycles. The maximum Gasteiger partial charge on any atom is 0.276 e. The number of carbonyl (C=O) groups is 1. The monoisotopic (exact) mass is 433 g/mol. The quantitative estimate of drug-likeness (QED) is 0.665. The van der Waals surface area contributed by atoms with E-state index >= 15 is 0 Å². The molecule has 4 rings (SSSR count). The summed E-state index contributed by atoms with van der Waals surface area (Å²) in [5.41, 5.74) is 1.64. The Morgan fingerprint density at radius 1 is 1.14 bits per heavy atom. The molecule has 1 aliphatic heterocycles. The standard InChI is InChI=1S/C20H20ClN3O4S/c1-13-5-6-14(21)11-17(13)23-29(26,27)15-7-8-18-16(12-15)19(22-28-18)20(25)24-9-3-2-4-10-24/h5-8,11-12,23H,2-4,9-10H2,1H3. The largest absolute Gasteiger partial charge is 0.355 e. The number of benzene rings is 2. The van der Waals surface area contributed by atoms with Crippen molar-refractivity contribution in [2.45, 2.75) is 31.1 Å². The first-order valence-corrected chi connectivity index (χ1v) is 11.2. The Morgan fingerprint density at radius 3 is 2.66 bits per heavy atom. The van der Waals surface area contributed by atoms with E-state index in [2.05, 4.69) is 9.88 Å². The Bertz CT molecular complexity index is 1180. The zero-order chi connectivity index (χ0) is 20.6. The van der Waals surface area contributed by atoms with Crippen molar-refractivity contribution in [1.29, 1.82) is 0 Å². The molecule has 0 radical (unpaired) electrons. The summed E-state index contributed by atoms with van der Waals surface area (Å²) in [6.07, 6.45) is 2.99. The van der Waals surface area contributed by atoms with E-state index in [1.165, 1.54) is 18.2 Å². The minimum absolute atomic E-state index is 0.0141. The molecule has 1 aliphatic rings. The molecule has 1 fully saturated rings. The molecule has 152 valence electrons. The molecule has 9 heteroatoms. The van der Waals surface area contributed by atoms with E-state index in [0.717, 1.165) is 24.8 Å². The third kappa shape index (κ3) is 3.95. The summed E-state index contributed by atoms with van der Waals surface area (Å²) < 4.78 is 33.6. The average molecular weight is 434 g/mol. The van der Waals surface area contributed by atoms with Gasteiger partial charge in [-0.25, -0.2) is 8.42 Å². The van der Waals surface area contributed by atoms with Gasteiger partial charge in [0.15, 0.2) is 11.3 Å². The number of aromatic nitrogens is 1. The van der Waals surface area contributed by atoms with E-state index in [1.54, 1.807) is 30.0 Å². The number of anilines is 1. The molecule has 7 nitrogen and oxygen atoms in total. The van der Waals surface area contributed by atoms with Crippen LogP contribution < -0.4 is 4.72 Å². The molecule has 1 N–H and O–H groups in total. The molecule has 0 aliphatic carbocycles. The van der Waals surface area contributed by atoms with Gasteiger partial charge in [-0.3, -0.25) is 9.52 Å². The number of hydrogen-bond donors (Lipinski definition) is 1. The Morgan fingerprint density at radius 2 is 1.90 bits per heavy atom. The zero-order valence-electron chi connectivity index (χ0n) is 15.8. The van der Waals surface area contributed by atoms with Gasteiger partial charge in [-0.05, 0) is 62.1 Å². The SMILES string of the molecule is Cc1ccc(Cl)cc1NS(=O)(=O)c1ccc2onc(C(=O)N3CCCCC3)c2c1. The van der Waals surface area contributed by atoms with E-state index < -0.39 is 10.0 Å². The van der Waals surface area contributed by atoms with Gasteiger partial charge in [0.1, 0.15) is 0 Å². The molecular formula is C20H20ClN3O4S. The lowest BCUT2D eigenvalue weighted by Crippen LogP contribution is -2.35. The summed E-state index contributed by atoms with van der Waals surface area (Å²) in [5, 5.41) is 4.71. The van der Waals surface area contributed by atoms with Crippen molar-refractivity contribution in [2.24, 2.45) is 0 Å². The normalized spacial score (nSPS) is 14.9. The topological polar surface area (TPSA) is 92.5 Å². The van der Waals surface area contributed by atoms with Gasteiger partial charge < -0.3 is 9.42 Å². The van der Waals surface area contributed by atoms with Crippen LogP contribution in [0, 0.1) is 6.92 Å². The number of nitrogens with one attached hydrogen (secondary N) is 1. The Kier molecular flexibility index (Phi) is 5.23. The van der Waals surface area contributed by atoms with Crippen LogP contribution in [0.25, 0.3) is 11.0 Å². The number of rotatable bonds is 4. The highest BCUT2D eigenvalue weighted by molar-refractivity contribution is 7.92. The van der Waals surface area contributed by atoms with Crippen molar-refractivity contribution < 1.29 is 17.7 Å². The third-order valence-electron chi connectivity index (χ3n) is 5.04. The van der Waals surface area contributed by atoms with Gasteiger partial charge in [0.25, 0.3) is 15.9 Å². The molecule has 0 unspecified atom stereocenters. The maximum absolute atomic E-state index is 12.9. The predicted octanol–water partition coefficient (Wildman–Crippen LogP) is 4.22. The van der Waals surface area contributed by atoms with Gasteiger partial charge in [0.05, 0.1) is 16.0 Å². The lowest BCUT2D eigenvalue weighted by atomic mass is 10.1. The number of likely N-dealkylation sites (tertiary alicyclic amines) is 1. The van der Waals surface area contributed by atoms with Crippen LogP contribution in [0.15, 0.2) is 45.8 Å². The van der Waals surface area contributed by atoms with Crippen LogP contribution in [-0.4, -0.2) is 37.5 Å². The molecule has 1 aromatic heterocycles. The Hall–Kier alpha value is -2.58. The highest BCUT2D eigenvalue weighted by atomic mass is 35.5. The van der Waals surface area contributed by atoms with Crippen molar-refractivity contribution >= 4 is 44.2 Å². The molecule has 3 aromatic rings. The number of aryl methyl sites for hydroxylation is 1. The summed E-state index contributed by atoms with van der Waals surface area (Å²) in [6, 6.07) is 9.33. The fraction of sp³-hybridized carbons (Fsp3) is 0.300. The van der Waals surface area contributed by atoms with E-state index in [1.807, 2.05) is 0 Å². The van der Waals surface area contributed by atoms with Crippen molar-refractivity contribution in [2.75, 3.05) is 17.8 Å². The fourth-order valence-corrected chi connectivity index (χ4v) is 4.71. The number of sulfonamides is 1. The first-order chi connectivity index (χ1) is 13.8. The van der Waals surface area contributed by atoms with Crippen LogP contribution in [0.3, 0.4) is 0 Å². The summed E-state index contributed by atoms with van der Waals surface area (Å²) in [6.45, 7) is 3.12. The van der Waals surface area contributed by atoms with Crippen molar-refractivity contribution in [1.82, 2.24) is 10.1 Å². The fourth-order valence-electron chi connectivity index (χ4n) is 3.39. The van der Waals surface area contributed by atoms with Gasteiger partial charge in [-0.15, -0.1) is 0 Å². The lowest BCUT2D eigenvalue weighted by Gasteiger charge is -2.25. The van der Waals surface area contributed by atoms with Crippen LogP contribution in [0.2, 0.25) is 5.02 Å². The van der Waals surface area contributed by atoms with Crippen LogP contribution in [0.1, 0.15) is 35.3 Å². The molecule has 2 heterocycles. The maximum atomic E-state index is 12.9. The van der Waals surface area contributed by atoms with E-state index in [4.69, 9.17) is 16.1 Å². The Balaban J connectivity index is 1.69. The number of hydrogen-bond acceptors (Lipinski definition) is 5. The second kappa shape index (κ2) is 7.68. The van der Waals surface area contributed by atoms with Crippen molar-refractivity contribution in [3.63, 3.8) is 0 Å².